The van der Waals surface area contributed by atoms with E-state index in [1.165, 1.54) is 7.05 Å². The SMILES string of the molecule is CN(CC(N)=NO)S(=O)(=O)C1CCCCC1. The molecule has 1 aliphatic carbocycles. The lowest BCUT2D eigenvalue weighted by Gasteiger charge is -2.26. The standard InChI is InChI=1S/C9H19N3O3S/c1-12(7-9(10)11-13)16(14,15)8-5-3-2-4-6-8/h8,13H,2-7H2,1H3,(H2,10,11). The van der Waals surface area contributed by atoms with Crippen LogP contribution in [0.5, 0.6) is 0 Å². The highest BCUT2D eigenvalue weighted by Crippen LogP contribution is 2.25. The van der Waals surface area contributed by atoms with Gasteiger partial charge in [-0.2, -0.15) is 4.31 Å². The largest absolute Gasteiger partial charge is 0.409 e. The minimum Gasteiger partial charge on any atom is -0.409 e. The van der Waals surface area contributed by atoms with Crippen molar-refractivity contribution >= 4 is 15.9 Å². The Morgan fingerprint density at radius 1 is 1.44 bits per heavy atom. The van der Waals surface area contributed by atoms with Gasteiger partial charge in [-0.25, -0.2) is 8.42 Å². The van der Waals surface area contributed by atoms with Gasteiger partial charge in [-0.15, -0.1) is 0 Å². The number of nitrogens with two attached hydrogens (primary N) is 1. The van der Waals surface area contributed by atoms with Crippen LogP contribution in [0.2, 0.25) is 0 Å². The van der Waals surface area contributed by atoms with Crippen molar-refractivity contribution < 1.29 is 13.6 Å². The first-order valence-electron chi connectivity index (χ1n) is 5.40. The van der Waals surface area contributed by atoms with Crippen LogP contribution in [0, 0.1) is 0 Å². The number of rotatable bonds is 4. The third-order valence-electron chi connectivity index (χ3n) is 2.92. The summed E-state index contributed by atoms with van der Waals surface area (Å²) >= 11 is 0. The Hall–Kier alpha value is -0.820. The fraction of sp³-hybridized carbons (Fsp3) is 0.889. The Labute approximate surface area is 96.2 Å². The summed E-state index contributed by atoms with van der Waals surface area (Å²) in [4.78, 5) is 0. The average Bonchev–Trinajstić information content (AvgIpc) is 2.29. The number of amidine groups is 1. The molecule has 1 fully saturated rings. The van der Waals surface area contributed by atoms with Crippen molar-refractivity contribution in [1.82, 2.24) is 4.31 Å². The second kappa shape index (κ2) is 5.49. The van der Waals surface area contributed by atoms with Gasteiger partial charge in [-0.05, 0) is 12.8 Å². The van der Waals surface area contributed by atoms with Gasteiger partial charge in [-0.1, -0.05) is 24.4 Å². The number of likely N-dealkylation sites (N-methyl/N-ethyl adjacent to an activating group) is 1. The van der Waals surface area contributed by atoms with E-state index in [1.54, 1.807) is 0 Å². The second-order valence-electron chi connectivity index (χ2n) is 4.15. The normalized spacial score (nSPS) is 20.2. The van der Waals surface area contributed by atoms with Gasteiger partial charge < -0.3 is 10.9 Å². The fourth-order valence-electron chi connectivity index (χ4n) is 1.97. The highest BCUT2D eigenvalue weighted by atomic mass is 32.2. The summed E-state index contributed by atoms with van der Waals surface area (Å²) in [5.41, 5.74) is 5.29. The van der Waals surface area contributed by atoms with Gasteiger partial charge in [-0.3, -0.25) is 0 Å². The van der Waals surface area contributed by atoms with Gasteiger partial charge >= 0.3 is 0 Å². The lowest BCUT2D eigenvalue weighted by Crippen LogP contribution is -2.41. The molecule has 94 valence electrons. The predicted octanol–water partition coefficient (Wildman–Crippen LogP) is 0.327. The maximum absolute atomic E-state index is 12.1. The van der Waals surface area contributed by atoms with Crippen molar-refractivity contribution in [3.63, 3.8) is 0 Å². The molecule has 0 radical (unpaired) electrons. The maximum atomic E-state index is 12.1. The molecule has 0 heterocycles. The number of nitrogens with zero attached hydrogens (tertiary/aromatic N) is 2. The van der Waals surface area contributed by atoms with Crippen LogP contribution in [0.3, 0.4) is 0 Å². The molecule has 1 rings (SSSR count). The van der Waals surface area contributed by atoms with E-state index in [4.69, 9.17) is 10.9 Å². The zero-order valence-electron chi connectivity index (χ0n) is 9.46. The monoisotopic (exact) mass is 249 g/mol. The highest BCUT2D eigenvalue weighted by Gasteiger charge is 2.31. The number of oxime groups is 1. The van der Waals surface area contributed by atoms with Crippen molar-refractivity contribution in [2.24, 2.45) is 10.9 Å². The van der Waals surface area contributed by atoms with Gasteiger partial charge in [0.1, 0.15) is 0 Å². The van der Waals surface area contributed by atoms with Gasteiger partial charge in [0.25, 0.3) is 0 Å². The van der Waals surface area contributed by atoms with Crippen LogP contribution in [-0.2, 0) is 10.0 Å². The van der Waals surface area contributed by atoms with Gasteiger partial charge in [0.05, 0.1) is 11.8 Å². The van der Waals surface area contributed by atoms with Crippen LogP contribution in [0.4, 0.5) is 0 Å². The molecule has 1 saturated carbocycles. The Balaban J connectivity index is 2.68. The Kier molecular flexibility index (Phi) is 4.55. The molecule has 0 spiro atoms. The van der Waals surface area contributed by atoms with E-state index in [0.29, 0.717) is 12.8 Å². The Morgan fingerprint density at radius 3 is 2.50 bits per heavy atom. The summed E-state index contributed by atoms with van der Waals surface area (Å²) in [6.45, 7) is -0.0602. The van der Waals surface area contributed by atoms with Crippen LogP contribution in [0.1, 0.15) is 32.1 Å². The highest BCUT2D eigenvalue weighted by molar-refractivity contribution is 7.89. The summed E-state index contributed by atoms with van der Waals surface area (Å²) in [5, 5.41) is 10.9. The minimum atomic E-state index is -3.31. The first kappa shape index (κ1) is 13.2. The molecule has 0 aliphatic heterocycles. The van der Waals surface area contributed by atoms with Crippen molar-refractivity contribution in [2.45, 2.75) is 37.4 Å². The van der Waals surface area contributed by atoms with Gasteiger partial charge in [0.15, 0.2) is 5.84 Å². The lowest BCUT2D eigenvalue weighted by molar-refractivity contribution is 0.315. The first-order valence-corrected chi connectivity index (χ1v) is 6.90. The second-order valence-corrected chi connectivity index (χ2v) is 6.47. The molecular formula is C9H19N3O3S. The average molecular weight is 249 g/mol. The summed E-state index contributed by atoms with van der Waals surface area (Å²) in [7, 11) is -1.85. The molecule has 7 heteroatoms. The van der Waals surface area contributed by atoms with E-state index in [0.717, 1.165) is 23.6 Å². The molecule has 3 N–H and O–H groups in total. The molecule has 0 aromatic heterocycles. The Bertz CT molecular complexity index is 347. The zero-order valence-corrected chi connectivity index (χ0v) is 10.3. The molecule has 0 aromatic rings. The summed E-state index contributed by atoms with van der Waals surface area (Å²) in [6, 6.07) is 0. The van der Waals surface area contributed by atoms with Crippen molar-refractivity contribution in [3.05, 3.63) is 0 Å². The van der Waals surface area contributed by atoms with E-state index in [9.17, 15) is 8.42 Å². The van der Waals surface area contributed by atoms with E-state index in [-0.39, 0.29) is 17.6 Å². The quantitative estimate of drug-likeness (QED) is 0.325. The molecule has 16 heavy (non-hydrogen) atoms. The Morgan fingerprint density at radius 2 is 2.00 bits per heavy atom. The topological polar surface area (TPSA) is 96.0 Å². The van der Waals surface area contributed by atoms with E-state index >= 15 is 0 Å². The third-order valence-corrected chi connectivity index (χ3v) is 5.23. The van der Waals surface area contributed by atoms with Gasteiger partial charge in [0.2, 0.25) is 10.0 Å². The summed E-state index contributed by atoms with van der Waals surface area (Å²) in [5.74, 6) is -0.0955. The number of hydrogen-bond acceptors (Lipinski definition) is 4. The summed E-state index contributed by atoms with van der Waals surface area (Å²) < 4.78 is 25.3. The number of hydrogen-bond donors (Lipinski definition) is 2. The van der Waals surface area contributed by atoms with E-state index < -0.39 is 10.0 Å². The molecule has 0 amide bonds. The van der Waals surface area contributed by atoms with Crippen LogP contribution in [0.25, 0.3) is 0 Å². The van der Waals surface area contributed by atoms with E-state index in [2.05, 4.69) is 5.16 Å². The smallest absolute Gasteiger partial charge is 0.217 e. The van der Waals surface area contributed by atoms with E-state index in [1.807, 2.05) is 0 Å². The minimum absolute atomic E-state index is 0.0602. The molecule has 0 unspecified atom stereocenters. The molecule has 0 atom stereocenters. The molecule has 0 saturated heterocycles. The van der Waals surface area contributed by atoms with Crippen LogP contribution >= 0.6 is 0 Å². The first-order chi connectivity index (χ1) is 7.48. The zero-order chi connectivity index (χ0) is 12.2. The maximum Gasteiger partial charge on any atom is 0.217 e. The molecular weight excluding hydrogens is 230 g/mol. The molecule has 1 aliphatic rings. The molecule has 0 bridgehead atoms. The number of sulfonamides is 1. The molecule has 6 nitrogen and oxygen atoms in total. The van der Waals surface area contributed by atoms with Crippen LogP contribution < -0.4 is 5.73 Å². The van der Waals surface area contributed by atoms with Crippen LogP contribution in [-0.4, -0.2) is 42.6 Å². The summed E-state index contributed by atoms with van der Waals surface area (Å²) in [6.07, 6.45) is 4.45. The van der Waals surface area contributed by atoms with Crippen molar-refractivity contribution in [1.29, 1.82) is 0 Å². The fourth-order valence-corrected chi connectivity index (χ4v) is 3.72. The van der Waals surface area contributed by atoms with Crippen molar-refractivity contribution in [3.8, 4) is 0 Å². The lowest BCUT2D eigenvalue weighted by atomic mass is 10.0. The third kappa shape index (κ3) is 3.08. The van der Waals surface area contributed by atoms with Crippen molar-refractivity contribution in [2.75, 3.05) is 13.6 Å². The molecule has 0 aromatic carbocycles. The van der Waals surface area contributed by atoms with Gasteiger partial charge in [0, 0.05) is 7.05 Å². The predicted molar refractivity (Wildman–Crippen MR) is 61.8 cm³/mol. The van der Waals surface area contributed by atoms with Crippen LogP contribution in [0.15, 0.2) is 5.16 Å².